The zero-order valence-corrected chi connectivity index (χ0v) is 17.1. The molecule has 156 valence electrons. The molecule has 2 heterocycles. The van der Waals surface area contributed by atoms with Gasteiger partial charge in [-0.2, -0.15) is 0 Å². The standard InChI is InChI=1S/C21H27F2N5O/c1-14(2)21-24-15(3)12-19(26-21)28-10-8-27(9-11-28)7-6-20(29)25-16-4-5-17(22)18(23)13-16/h4-5,12-14H,6-11H2,1-3H3,(H,25,29). The SMILES string of the molecule is Cc1cc(N2CCN(CCC(=O)Nc3ccc(F)c(F)c3)CC2)nc(C(C)C)n1. The van der Waals surface area contributed by atoms with E-state index in [9.17, 15) is 13.6 Å². The Morgan fingerprint density at radius 1 is 1.10 bits per heavy atom. The van der Waals surface area contributed by atoms with Gasteiger partial charge in [0.15, 0.2) is 11.6 Å². The van der Waals surface area contributed by atoms with Crippen molar-refractivity contribution < 1.29 is 13.6 Å². The normalized spacial score (nSPS) is 15.0. The number of anilines is 2. The van der Waals surface area contributed by atoms with Crippen molar-refractivity contribution in [3.05, 3.63) is 47.4 Å². The van der Waals surface area contributed by atoms with E-state index in [1.165, 1.54) is 6.07 Å². The minimum atomic E-state index is -0.973. The number of halogens is 2. The van der Waals surface area contributed by atoms with Crippen molar-refractivity contribution in [3.8, 4) is 0 Å². The Bertz CT molecular complexity index is 866. The molecule has 29 heavy (non-hydrogen) atoms. The van der Waals surface area contributed by atoms with Gasteiger partial charge in [-0.1, -0.05) is 13.8 Å². The Morgan fingerprint density at radius 3 is 2.48 bits per heavy atom. The average molecular weight is 403 g/mol. The van der Waals surface area contributed by atoms with Crippen LogP contribution >= 0.6 is 0 Å². The number of aromatic nitrogens is 2. The van der Waals surface area contributed by atoms with Gasteiger partial charge >= 0.3 is 0 Å². The van der Waals surface area contributed by atoms with Crippen LogP contribution < -0.4 is 10.2 Å². The number of amides is 1. The van der Waals surface area contributed by atoms with Crippen molar-refractivity contribution in [1.82, 2.24) is 14.9 Å². The first-order chi connectivity index (χ1) is 13.8. The molecule has 8 heteroatoms. The lowest BCUT2D eigenvalue weighted by Crippen LogP contribution is -2.47. The van der Waals surface area contributed by atoms with E-state index in [0.29, 0.717) is 13.0 Å². The summed E-state index contributed by atoms with van der Waals surface area (Å²) in [6.07, 6.45) is 0.295. The summed E-state index contributed by atoms with van der Waals surface area (Å²) in [5.41, 5.74) is 1.23. The van der Waals surface area contributed by atoms with Crippen LogP contribution in [-0.4, -0.2) is 53.5 Å². The van der Waals surface area contributed by atoms with Crippen LogP contribution in [0.25, 0.3) is 0 Å². The van der Waals surface area contributed by atoms with Gasteiger partial charge in [0.25, 0.3) is 0 Å². The summed E-state index contributed by atoms with van der Waals surface area (Å²) in [6, 6.07) is 5.35. The van der Waals surface area contributed by atoms with Gasteiger partial charge in [0, 0.05) is 68.6 Å². The van der Waals surface area contributed by atoms with E-state index in [2.05, 4.69) is 33.9 Å². The van der Waals surface area contributed by atoms with Crippen molar-refractivity contribution >= 4 is 17.4 Å². The van der Waals surface area contributed by atoms with Gasteiger partial charge in [-0.3, -0.25) is 9.69 Å². The molecule has 3 rings (SSSR count). The van der Waals surface area contributed by atoms with E-state index in [4.69, 9.17) is 4.98 Å². The maximum absolute atomic E-state index is 13.2. The number of carbonyl (C=O) groups excluding carboxylic acids is 1. The second-order valence-electron chi connectivity index (χ2n) is 7.64. The second-order valence-corrected chi connectivity index (χ2v) is 7.64. The fourth-order valence-electron chi connectivity index (χ4n) is 3.25. The summed E-state index contributed by atoms with van der Waals surface area (Å²) in [6.45, 7) is 10.1. The van der Waals surface area contributed by atoms with E-state index in [1.54, 1.807) is 0 Å². The van der Waals surface area contributed by atoms with Crippen molar-refractivity contribution in [2.45, 2.75) is 33.1 Å². The largest absolute Gasteiger partial charge is 0.354 e. The molecule has 0 bridgehead atoms. The third-order valence-electron chi connectivity index (χ3n) is 4.93. The van der Waals surface area contributed by atoms with Crippen LogP contribution in [-0.2, 0) is 4.79 Å². The lowest BCUT2D eigenvalue weighted by Gasteiger charge is -2.35. The summed E-state index contributed by atoms with van der Waals surface area (Å²) < 4.78 is 26.2. The van der Waals surface area contributed by atoms with Gasteiger partial charge in [-0.25, -0.2) is 18.7 Å². The molecule has 1 aliphatic heterocycles. The summed E-state index contributed by atoms with van der Waals surface area (Å²) in [5, 5.41) is 2.61. The van der Waals surface area contributed by atoms with Crippen LogP contribution in [0.3, 0.4) is 0 Å². The van der Waals surface area contributed by atoms with Gasteiger partial charge in [0.2, 0.25) is 5.91 Å². The van der Waals surface area contributed by atoms with Crippen LogP contribution in [0.1, 0.15) is 37.7 Å². The van der Waals surface area contributed by atoms with Crippen molar-refractivity contribution in [2.24, 2.45) is 0 Å². The lowest BCUT2D eigenvalue weighted by molar-refractivity contribution is -0.116. The molecule has 1 aromatic carbocycles. The van der Waals surface area contributed by atoms with E-state index in [0.717, 1.165) is 55.6 Å². The summed E-state index contributed by atoms with van der Waals surface area (Å²) in [7, 11) is 0. The van der Waals surface area contributed by atoms with E-state index in [-0.39, 0.29) is 17.5 Å². The maximum atomic E-state index is 13.2. The monoisotopic (exact) mass is 403 g/mol. The van der Waals surface area contributed by atoms with Gasteiger partial charge in [-0.15, -0.1) is 0 Å². The number of piperazine rings is 1. The van der Waals surface area contributed by atoms with Crippen LogP contribution in [0.2, 0.25) is 0 Å². The van der Waals surface area contributed by atoms with Crippen molar-refractivity contribution in [3.63, 3.8) is 0 Å². The first-order valence-corrected chi connectivity index (χ1v) is 9.89. The molecule has 0 atom stereocenters. The Kier molecular flexibility index (Phi) is 6.74. The van der Waals surface area contributed by atoms with Crippen LogP contribution in [0.15, 0.2) is 24.3 Å². The molecule has 0 saturated carbocycles. The number of nitrogens with zero attached hydrogens (tertiary/aromatic N) is 4. The summed E-state index contributed by atoms with van der Waals surface area (Å²) in [4.78, 5) is 25.8. The molecule has 1 N–H and O–H groups in total. The van der Waals surface area contributed by atoms with Gasteiger partial charge < -0.3 is 10.2 Å². The molecule has 2 aromatic rings. The molecule has 1 saturated heterocycles. The minimum absolute atomic E-state index is 0.216. The molecular weight excluding hydrogens is 376 g/mol. The van der Waals surface area contributed by atoms with Crippen molar-refractivity contribution in [2.75, 3.05) is 42.9 Å². The predicted octanol–water partition coefficient (Wildman–Crippen LogP) is 3.34. The van der Waals surface area contributed by atoms with Crippen LogP contribution in [0.5, 0.6) is 0 Å². The third-order valence-corrected chi connectivity index (χ3v) is 4.93. The number of carbonyl (C=O) groups is 1. The molecule has 1 aliphatic rings. The van der Waals surface area contributed by atoms with E-state index in [1.807, 2.05) is 13.0 Å². The Labute approximate surface area is 169 Å². The van der Waals surface area contributed by atoms with E-state index < -0.39 is 11.6 Å². The summed E-state index contributed by atoms with van der Waals surface area (Å²) in [5.74, 6) is -0.0255. The fourth-order valence-corrected chi connectivity index (χ4v) is 3.25. The van der Waals surface area contributed by atoms with Crippen molar-refractivity contribution in [1.29, 1.82) is 0 Å². The number of hydrogen-bond acceptors (Lipinski definition) is 5. The van der Waals surface area contributed by atoms with Crippen LogP contribution in [0, 0.1) is 18.6 Å². The fraction of sp³-hybridized carbons (Fsp3) is 0.476. The molecule has 1 aromatic heterocycles. The molecule has 0 spiro atoms. The highest BCUT2D eigenvalue weighted by Crippen LogP contribution is 2.19. The average Bonchev–Trinajstić information content (AvgIpc) is 2.69. The smallest absolute Gasteiger partial charge is 0.225 e. The highest BCUT2D eigenvalue weighted by molar-refractivity contribution is 5.90. The van der Waals surface area contributed by atoms with Crippen LogP contribution in [0.4, 0.5) is 20.3 Å². The maximum Gasteiger partial charge on any atom is 0.225 e. The third kappa shape index (κ3) is 5.69. The molecule has 6 nitrogen and oxygen atoms in total. The molecule has 1 amide bonds. The Morgan fingerprint density at radius 2 is 1.83 bits per heavy atom. The number of benzene rings is 1. The molecular formula is C21H27F2N5O. The molecule has 1 fully saturated rings. The number of aryl methyl sites for hydroxylation is 1. The molecule has 0 unspecified atom stereocenters. The molecule has 0 aliphatic carbocycles. The number of nitrogens with one attached hydrogen (secondary N) is 1. The van der Waals surface area contributed by atoms with Gasteiger partial charge in [-0.05, 0) is 19.1 Å². The van der Waals surface area contributed by atoms with Gasteiger partial charge in [0.1, 0.15) is 11.6 Å². The predicted molar refractivity (Wildman–Crippen MR) is 109 cm³/mol. The van der Waals surface area contributed by atoms with E-state index >= 15 is 0 Å². The second kappa shape index (κ2) is 9.26. The number of rotatable bonds is 6. The molecule has 0 radical (unpaired) electrons. The minimum Gasteiger partial charge on any atom is -0.354 e. The topological polar surface area (TPSA) is 61.4 Å². The first kappa shape index (κ1) is 21.1. The zero-order chi connectivity index (χ0) is 21.0. The highest BCUT2D eigenvalue weighted by atomic mass is 19.2. The Hall–Kier alpha value is -2.61. The highest BCUT2D eigenvalue weighted by Gasteiger charge is 2.20. The first-order valence-electron chi connectivity index (χ1n) is 9.89. The van der Waals surface area contributed by atoms with Gasteiger partial charge in [0.05, 0.1) is 0 Å². The number of hydrogen-bond donors (Lipinski definition) is 1. The summed E-state index contributed by atoms with van der Waals surface area (Å²) >= 11 is 0. The Balaban J connectivity index is 1.47. The quantitative estimate of drug-likeness (QED) is 0.802. The lowest BCUT2D eigenvalue weighted by atomic mass is 10.2. The zero-order valence-electron chi connectivity index (χ0n) is 17.1.